The summed E-state index contributed by atoms with van der Waals surface area (Å²) in [5.41, 5.74) is 0.432. The Morgan fingerprint density at radius 3 is 2.33 bits per heavy atom. The van der Waals surface area contributed by atoms with Gasteiger partial charge in [-0.3, -0.25) is 9.10 Å². The number of hydrogen-bond acceptors (Lipinski definition) is 3. The topological polar surface area (TPSA) is 66.5 Å². The van der Waals surface area contributed by atoms with Crippen LogP contribution in [0.2, 0.25) is 0 Å². The van der Waals surface area contributed by atoms with Crippen LogP contribution < -0.4 is 9.62 Å². The van der Waals surface area contributed by atoms with Crippen molar-refractivity contribution in [1.29, 1.82) is 0 Å². The van der Waals surface area contributed by atoms with E-state index in [2.05, 4.69) is 5.32 Å². The van der Waals surface area contributed by atoms with E-state index >= 15 is 0 Å². The molecule has 0 saturated carbocycles. The van der Waals surface area contributed by atoms with Crippen LogP contribution in [0.15, 0.2) is 48.5 Å². The van der Waals surface area contributed by atoms with Crippen molar-refractivity contribution in [3.8, 4) is 0 Å². The van der Waals surface area contributed by atoms with Crippen LogP contribution in [-0.2, 0) is 10.0 Å². The van der Waals surface area contributed by atoms with Crippen molar-refractivity contribution in [2.24, 2.45) is 0 Å². The third kappa shape index (κ3) is 4.51. The molecule has 2 aromatic carbocycles. The predicted molar refractivity (Wildman–Crippen MR) is 87.3 cm³/mol. The lowest BCUT2D eigenvalue weighted by atomic mass is 10.2. The molecule has 24 heavy (non-hydrogen) atoms. The van der Waals surface area contributed by atoms with Crippen LogP contribution in [0.1, 0.15) is 10.4 Å². The summed E-state index contributed by atoms with van der Waals surface area (Å²) in [5, 5.41) is 2.58. The third-order valence-corrected chi connectivity index (χ3v) is 4.42. The van der Waals surface area contributed by atoms with Crippen LogP contribution in [0.5, 0.6) is 0 Å². The van der Waals surface area contributed by atoms with Crippen LogP contribution in [-0.4, -0.2) is 33.7 Å². The molecule has 2 aromatic rings. The van der Waals surface area contributed by atoms with Gasteiger partial charge in [0, 0.05) is 18.2 Å². The molecule has 0 bridgehead atoms. The molecule has 5 nitrogen and oxygen atoms in total. The number of sulfonamides is 1. The van der Waals surface area contributed by atoms with E-state index in [1.165, 1.54) is 6.07 Å². The van der Waals surface area contributed by atoms with Gasteiger partial charge in [0.15, 0.2) is 11.6 Å². The maximum absolute atomic E-state index is 13.3. The second kappa shape index (κ2) is 7.39. The van der Waals surface area contributed by atoms with E-state index in [1.54, 1.807) is 30.3 Å². The molecule has 0 fully saturated rings. The molecule has 2 rings (SSSR count). The molecule has 8 heteroatoms. The van der Waals surface area contributed by atoms with E-state index in [-0.39, 0.29) is 24.7 Å². The summed E-state index contributed by atoms with van der Waals surface area (Å²) in [7, 11) is -3.72. The number of hydrogen-bond donors (Lipinski definition) is 1. The Morgan fingerprint density at radius 1 is 1.08 bits per heavy atom. The second-order valence-electron chi connectivity index (χ2n) is 5.06. The number of nitrogens with zero attached hydrogens (tertiary/aromatic N) is 1. The van der Waals surface area contributed by atoms with Gasteiger partial charge in [0.2, 0.25) is 10.0 Å². The second-order valence-corrected chi connectivity index (χ2v) is 6.96. The molecule has 1 N–H and O–H groups in total. The van der Waals surface area contributed by atoms with Crippen molar-refractivity contribution in [2.45, 2.75) is 0 Å². The minimum atomic E-state index is -3.72. The van der Waals surface area contributed by atoms with Gasteiger partial charge in [-0.25, -0.2) is 17.2 Å². The Hall–Kier alpha value is -2.48. The van der Waals surface area contributed by atoms with Crippen molar-refractivity contribution < 1.29 is 22.0 Å². The first-order chi connectivity index (χ1) is 11.3. The van der Waals surface area contributed by atoms with Gasteiger partial charge >= 0.3 is 0 Å². The first-order valence-corrected chi connectivity index (χ1v) is 8.90. The SMILES string of the molecule is CS(=O)(=O)N(CCNC(=O)c1ccccc1)c1ccc(F)c(F)c1. The lowest BCUT2D eigenvalue weighted by Gasteiger charge is -2.22. The third-order valence-electron chi connectivity index (χ3n) is 3.23. The van der Waals surface area contributed by atoms with E-state index in [0.29, 0.717) is 5.56 Å². The highest BCUT2D eigenvalue weighted by Gasteiger charge is 2.19. The average molecular weight is 354 g/mol. The fourth-order valence-electron chi connectivity index (χ4n) is 2.09. The maximum Gasteiger partial charge on any atom is 0.251 e. The molecule has 0 aromatic heterocycles. The summed E-state index contributed by atoms with van der Waals surface area (Å²) in [6, 6.07) is 11.3. The molecule has 0 radical (unpaired) electrons. The number of nitrogens with one attached hydrogen (secondary N) is 1. The van der Waals surface area contributed by atoms with E-state index < -0.39 is 21.7 Å². The molecule has 128 valence electrons. The van der Waals surface area contributed by atoms with Crippen LogP contribution in [0.3, 0.4) is 0 Å². The summed E-state index contributed by atoms with van der Waals surface area (Å²) >= 11 is 0. The summed E-state index contributed by atoms with van der Waals surface area (Å²) in [6.07, 6.45) is 0.952. The molecule has 0 heterocycles. The summed E-state index contributed by atoms with van der Waals surface area (Å²) in [6.45, 7) is -0.0950. The number of rotatable bonds is 6. The summed E-state index contributed by atoms with van der Waals surface area (Å²) in [5.74, 6) is -2.56. The number of anilines is 1. The van der Waals surface area contributed by atoms with Gasteiger partial charge in [-0.05, 0) is 24.3 Å². The van der Waals surface area contributed by atoms with Gasteiger partial charge in [-0.1, -0.05) is 18.2 Å². The number of amides is 1. The monoisotopic (exact) mass is 354 g/mol. The fourth-order valence-corrected chi connectivity index (χ4v) is 3.01. The minimum absolute atomic E-state index is 0.00893. The van der Waals surface area contributed by atoms with Crippen LogP contribution >= 0.6 is 0 Å². The van der Waals surface area contributed by atoms with E-state index in [0.717, 1.165) is 22.7 Å². The summed E-state index contributed by atoms with van der Waals surface area (Å²) in [4.78, 5) is 11.9. The molecule has 0 aliphatic carbocycles. The average Bonchev–Trinajstić information content (AvgIpc) is 2.54. The standard InChI is InChI=1S/C16H16F2N2O3S/c1-24(22,23)20(13-7-8-14(17)15(18)11-13)10-9-19-16(21)12-5-3-2-4-6-12/h2-8,11H,9-10H2,1H3,(H,19,21). The minimum Gasteiger partial charge on any atom is -0.350 e. The van der Waals surface area contributed by atoms with Crippen molar-refractivity contribution in [3.63, 3.8) is 0 Å². The quantitative estimate of drug-likeness (QED) is 0.864. The molecule has 0 saturated heterocycles. The number of halogens is 2. The van der Waals surface area contributed by atoms with Crippen LogP contribution in [0.4, 0.5) is 14.5 Å². The van der Waals surface area contributed by atoms with E-state index in [9.17, 15) is 22.0 Å². The maximum atomic E-state index is 13.3. The first-order valence-electron chi connectivity index (χ1n) is 7.05. The predicted octanol–water partition coefficient (Wildman–Crippen LogP) is 2.16. The Morgan fingerprint density at radius 2 is 1.75 bits per heavy atom. The first kappa shape index (κ1) is 17.9. The molecule has 0 aliphatic rings. The molecular formula is C16H16F2N2O3S. The lowest BCUT2D eigenvalue weighted by molar-refractivity contribution is 0.0955. The Kier molecular flexibility index (Phi) is 5.50. The van der Waals surface area contributed by atoms with Crippen LogP contribution in [0.25, 0.3) is 0 Å². The van der Waals surface area contributed by atoms with Crippen LogP contribution in [0, 0.1) is 11.6 Å². The lowest BCUT2D eigenvalue weighted by Crippen LogP contribution is -2.38. The molecule has 1 amide bonds. The van der Waals surface area contributed by atoms with E-state index in [4.69, 9.17) is 0 Å². The Labute approximate surface area is 139 Å². The number of benzene rings is 2. The van der Waals surface area contributed by atoms with Gasteiger partial charge in [0.25, 0.3) is 5.91 Å². The van der Waals surface area contributed by atoms with Crippen molar-refractivity contribution >= 4 is 21.6 Å². The number of carbonyl (C=O) groups excluding carboxylic acids is 1. The fraction of sp³-hybridized carbons (Fsp3) is 0.188. The largest absolute Gasteiger partial charge is 0.350 e. The van der Waals surface area contributed by atoms with Gasteiger partial charge in [0.1, 0.15) is 0 Å². The van der Waals surface area contributed by atoms with Gasteiger partial charge < -0.3 is 5.32 Å². The summed E-state index contributed by atoms with van der Waals surface area (Å²) < 4.78 is 51.0. The normalized spacial score (nSPS) is 11.1. The Balaban J connectivity index is 2.08. The molecule has 0 atom stereocenters. The zero-order valence-electron chi connectivity index (χ0n) is 12.9. The highest BCUT2D eigenvalue weighted by molar-refractivity contribution is 7.92. The van der Waals surface area contributed by atoms with Gasteiger partial charge in [0.05, 0.1) is 18.5 Å². The number of carbonyl (C=O) groups is 1. The Bertz CT molecular complexity index is 826. The van der Waals surface area contributed by atoms with E-state index in [1.807, 2.05) is 0 Å². The smallest absolute Gasteiger partial charge is 0.251 e. The van der Waals surface area contributed by atoms with Crippen molar-refractivity contribution in [3.05, 3.63) is 65.7 Å². The molecule has 0 spiro atoms. The zero-order valence-corrected chi connectivity index (χ0v) is 13.7. The molecular weight excluding hydrogens is 338 g/mol. The van der Waals surface area contributed by atoms with Crippen molar-refractivity contribution in [1.82, 2.24) is 5.32 Å². The molecule has 0 aliphatic heterocycles. The van der Waals surface area contributed by atoms with Gasteiger partial charge in [-0.2, -0.15) is 0 Å². The van der Waals surface area contributed by atoms with Gasteiger partial charge in [-0.15, -0.1) is 0 Å². The molecule has 0 unspecified atom stereocenters. The highest BCUT2D eigenvalue weighted by Crippen LogP contribution is 2.20. The highest BCUT2D eigenvalue weighted by atomic mass is 32.2. The zero-order chi connectivity index (χ0) is 17.7. The van der Waals surface area contributed by atoms with Crippen molar-refractivity contribution in [2.75, 3.05) is 23.7 Å².